The van der Waals surface area contributed by atoms with Gasteiger partial charge in [-0.05, 0) is 48.4 Å². The van der Waals surface area contributed by atoms with E-state index in [1.165, 1.54) is 11.9 Å². The lowest BCUT2D eigenvalue weighted by atomic mass is 9.98. The van der Waals surface area contributed by atoms with Crippen LogP contribution in [0.3, 0.4) is 0 Å². The SMILES string of the molecule is [C-]#[N+]c1ccc(-c2ccc3c(c2)c2ccccc2n3-c2cccc3c2C(=O)N(C)C3=O)c(C)c1. The van der Waals surface area contributed by atoms with E-state index in [1.54, 1.807) is 6.07 Å². The number of hydrogen-bond donors (Lipinski definition) is 0. The molecule has 0 saturated carbocycles. The van der Waals surface area contributed by atoms with Crippen LogP contribution >= 0.6 is 0 Å². The maximum atomic E-state index is 13.0. The van der Waals surface area contributed by atoms with Crippen LogP contribution < -0.4 is 0 Å². The van der Waals surface area contributed by atoms with Crippen LogP contribution in [0.25, 0.3) is 43.5 Å². The lowest BCUT2D eigenvalue weighted by Crippen LogP contribution is -2.24. The van der Waals surface area contributed by atoms with Crippen molar-refractivity contribution in [2.45, 2.75) is 6.92 Å². The van der Waals surface area contributed by atoms with Crippen LogP contribution in [-0.2, 0) is 0 Å². The van der Waals surface area contributed by atoms with E-state index in [9.17, 15) is 9.59 Å². The minimum absolute atomic E-state index is 0.275. The van der Waals surface area contributed by atoms with Gasteiger partial charge in [0, 0.05) is 17.8 Å². The fourth-order valence-electron chi connectivity index (χ4n) is 5.01. The molecule has 34 heavy (non-hydrogen) atoms. The quantitative estimate of drug-likeness (QED) is 0.231. The van der Waals surface area contributed by atoms with Crippen molar-refractivity contribution < 1.29 is 9.59 Å². The molecule has 2 heterocycles. The highest BCUT2D eigenvalue weighted by molar-refractivity contribution is 6.23. The van der Waals surface area contributed by atoms with Crippen LogP contribution in [0.4, 0.5) is 5.69 Å². The molecule has 1 aromatic heterocycles. The van der Waals surface area contributed by atoms with E-state index in [4.69, 9.17) is 6.57 Å². The highest BCUT2D eigenvalue weighted by atomic mass is 16.2. The second kappa shape index (κ2) is 7.16. The molecule has 0 atom stereocenters. The molecule has 0 unspecified atom stereocenters. The molecule has 0 aliphatic carbocycles. The number of benzene rings is 4. The summed E-state index contributed by atoms with van der Waals surface area (Å²) in [6.07, 6.45) is 0. The summed E-state index contributed by atoms with van der Waals surface area (Å²) in [5, 5.41) is 2.13. The molecule has 0 N–H and O–H groups in total. The summed E-state index contributed by atoms with van der Waals surface area (Å²) in [6, 6.07) is 25.6. The number of hydrogen-bond acceptors (Lipinski definition) is 2. The standard InChI is InChI=1S/C29H19N3O2/c1-17-15-19(30-2)12-13-20(17)18-11-14-25-23(16-18)21-7-4-5-9-24(21)32(25)26-10-6-8-22-27(26)29(34)31(3)28(22)33/h4-16H,1,3H3. The van der Waals surface area contributed by atoms with Crippen molar-refractivity contribution in [3.05, 3.63) is 107 Å². The van der Waals surface area contributed by atoms with Crippen LogP contribution in [0.5, 0.6) is 0 Å². The Morgan fingerprint density at radius 1 is 0.765 bits per heavy atom. The van der Waals surface area contributed by atoms with Crippen LogP contribution in [0.15, 0.2) is 78.9 Å². The van der Waals surface area contributed by atoms with E-state index in [0.717, 1.165) is 38.5 Å². The van der Waals surface area contributed by atoms with Crippen molar-refractivity contribution in [1.82, 2.24) is 9.47 Å². The first-order valence-electron chi connectivity index (χ1n) is 11.0. The summed E-state index contributed by atoms with van der Waals surface area (Å²) in [5.74, 6) is -0.558. The fraction of sp³-hybridized carbons (Fsp3) is 0.0690. The Hall–Kier alpha value is -4.69. The van der Waals surface area contributed by atoms with Gasteiger partial charge in [-0.1, -0.05) is 54.1 Å². The molecule has 6 rings (SSSR count). The van der Waals surface area contributed by atoms with Gasteiger partial charge in [-0.3, -0.25) is 14.5 Å². The number of amides is 2. The Bertz CT molecular complexity index is 1740. The molecule has 0 radical (unpaired) electrons. The summed E-state index contributed by atoms with van der Waals surface area (Å²) in [4.78, 5) is 30.3. The molecule has 162 valence electrons. The third-order valence-corrected chi connectivity index (χ3v) is 6.66. The van der Waals surface area contributed by atoms with Crippen molar-refractivity contribution >= 4 is 39.3 Å². The van der Waals surface area contributed by atoms with Crippen LogP contribution in [0, 0.1) is 13.5 Å². The zero-order valence-electron chi connectivity index (χ0n) is 18.7. The lowest BCUT2D eigenvalue weighted by Gasteiger charge is -2.12. The van der Waals surface area contributed by atoms with Gasteiger partial charge in [0.15, 0.2) is 5.69 Å². The van der Waals surface area contributed by atoms with E-state index in [-0.39, 0.29) is 11.8 Å². The number of imide groups is 1. The first-order valence-corrected chi connectivity index (χ1v) is 11.0. The van der Waals surface area contributed by atoms with Gasteiger partial charge in [-0.2, -0.15) is 0 Å². The summed E-state index contributed by atoms with van der Waals surface area (Å²) >= 11 is 0. The molecule has 5 aromatic rings. The number of nitrogens with zero attached hydrogens (tertiary/aromatic N) is 3. The van der Waals surface area contributed by atoms with Gasteiger partial charge >= 0.3 is 0 Å². The highest BCUT2D eigenvalue weighted by Crippen LogP contribution is 2.38. The van der Waals surface area contributed by atoms with Crippen molar-refractivity contribution in [3.8, 4) is 16.8 Å². The second-order valence-electron chi connectivity index (χ2n) is 8.56. The van der Waals surface area contributed by atoms with Crippen LogP contribution in [0.1, 0.15) is 26.3 Å². The number of carbonyl (C=O) groups excluding carboxylic acids is 2. The molecule has 2 amide bonds. The third-order valence-electron chi connectivity index (χ3n) is 6.66. The van der Waals surface area contributed by atoms with Gasteiger partial charge in [0.25, 0.3) is 11.8 Å². The summed E-state index contributed by atoms with van der Waals surface area (Å²) in [5.41, 5.74) is 7.32. The smallest absolute Gasteiger partial charge is 0.263 e. The van der Waals surface area contributed by atoms with E-state index in [1.807, 2.05) is 55.5 Å². The third kappa shape index (κ3) is 2.66. The van der Waals surface area contributed by atoms with E-state index < -0.39 is 0 Å². The van der Waals surface area contributed by atoms with Crippen molar-refractivity contribution in [1.29, 1.82) is 0 Å². The summed E-state index contributed by atoms with van der Waals surface area (Å²) < 4.78 is 2.08. The largest absolute Gasteiger partial charge is 0.308 e. The summed E-state index contributed by atoms with van der Waals surface area (Å²) in [6.45, 7) is 9.28. The van der Waals surface area contributed by atoms with Gasteiger partial charge < -0.3 is 4.57 Å². The van der Waals surface area contributed by atoms with E-state index >= 15 is 0 Å². The van der Waals surface area contributed by atoms with Crippen LogP contribution in [0.2, 0.25) is 0 Å². The molecule has 1 aliphatic rings. The summed E-state index contributed by atoms with van der Waals surface area (Å²) in [7, 11) is 1.52. The van der Waals surface area contributed by atoms with E-state index in [0.29, 0.717) is 22.5 Å². The normalized spacial score (nSPS) is 13.0. The molecule has 0 fully saturated rings. The number of aromatic nitrogens is 1. The molecule has 0 saturated heterocycles. The average molecular weight is 441 g/mol. The Morgan fingerprint density at radius 2 is 1.56 bits per heavy atom. The van der Waals surface area contributed by atoms with Crippen molar-refractivity contribution in [2.75, 3.05) is 7.05 Å². The highest BCUT2D eigenvalue weighted by Gasteiger charge is 2.35. The number of para-hydroxylation sites is 1. The molecule has 1 aliphatic heterocycles. The first-order chi connectivity index (χ1) is 16.5. The molecular formula is C29H19N3O2. The van der Waals surface area contributed by atoms with Gasteiger partial charge in [-0.15, -0.1) is 0 Å². The average Bonchev–Trinajstić information content (AvgIpc) is 3.31. The molecule has 0 spiro atoms. The second-order valence-corrected chi connectivity index (χ2v) is 8.56. The molecular weight excluding hydrogens is 422 g/mol. The minimum atomic E-state index is -0.284. The molecule has 5 heteroatoms. The van der Waals surface area contributed by atoms with Gasteiger partial charge in [0.05, 0.1) is 34.4 Å². The van der Waals surface area contributed by atoms with Gasteiger partial charge in [0.1, 0.15) is 0 Å². The molecule has 0 bridgehead atoms. The van der Waals surface area contributed by atoms with Crippen LogP contribution in [-0.4, -0.2) is 28.3 Å². The number of rotatable bonds is 2. The Balaban J connectivity index is 1.65. The Kier molecular flexibility index (Phi) is 4.20. The number of fused-ring (bicyclic) bond motifs is 4. The van der Waals surface area contributed by atoms with Gasteiger partial charge in [0.2, 0.25) is 0 Å². The monoisotopic (exact) mass is 441 g/mol. The molecule has 4 aromatic carbocycles. The zero-order chi connectivity index (χ0) is 23.6. The zero-order valence-corrected chi connectivity index (χ0v) is 18.7. The minimum Gasteiger partial charge on any atom is -0.308 e. The predicted molar refractivity (Wildman–Crippen MR) is 134 cm³/mol. The first kappa shape index (κ1) is 20.0. The topological polar surface area (TPSA) is 46.7 Å². The molecule has 5 nitrogen and oxygen atoms in total. The fourth-order valence-corrected chi connectivity index (χ4v) is 5.01. The number of carbonyl (C=O) groups is 2. The maximum absolute atomic E-state index is 13.0. The Morgan fingerprint density at radius 3 is 2.35 bits per heavy atom. The maximum Gasteiger partial charge on any atom is 0.263 e. The number of aryl methyl sites for hydroxylation is 1. The van der Waals surface area contributed by atoms with Crippen molar-refractivity contribution in [3.63, 3.8) is 0 Å². The van der Waals surface area contributed by atoms with Gasteiger partial charge in [-0.25, -0.2) is 4.85 Å². The Labute approximate surface area is 196 Å². The predicted octanol–water partition coefficient (Wildman–Crippen LogP) is 6.54. The van der Waals surface area contributed by atoms with E-state index in [2.05, 4.69) is 33.7 Å². The van der Waals surface area contributed by atoms with Crippen molar-refractivity contribution in [2.24, 2.45) is 0 Å². The lowest BCUT2D eigenvalue weighted by molar-refractivity contribution is 0.0693.